The number of methoxy groups -OCH3 is 2. The topological polar surface area (TPSA) is 83.8 Å². The third-order valence-electron chi connectivity index (χ3n) is 6.93. The van der Waals surface area contributed by atoms with Gasteiger partial charge in [0.05, 0.1) is 25.6 Å². The molecule has 178 valence electrons. The number of aryl methyl sites for hydroxylation is 3. The molecule has 1 aliphatic carbocycles. The third kappa shape index (κ3) is 3.84. The minimum absolute atomic E-state index is 0.0907. The molecule has 2 aromatic carbocycles. The zero-order valence-electron chi connectivity index (χ0n) is 20.4. The Morgan fingerprint density at radius 3 is 2.32 bits per heavy atom. The van der Waals surface area contributed by atoms with Crippen LogP contribution in [0, 0.1) is 13.8 Å². The third-order valence-corrected chi connectivity index (χ3v) is 6.93. The number of hydrogen-bond donors (Lipinski definition) is 1. The van der Waals surface area contributed by atoms with Crippen LogP contribution < -0.4 is 26.4 Å². The molecule has 5 rings (SSSR count). The number of ether oxygens (including phenoxy) is 2. The lowest BCUT2D eigenvalue weighted by atomic mass is 9.97. The van der Waals surface area contributed by atoms with Gasteiger partial charge in [-0.25, -0.2) is 9.79 Å². The molecule has 2 N–H and O–H groups in total. The molecule has 0 amide bonds. The summed E-state index contributed by atoms with van der Waals surface area (Å²) in [6.45, 7) is 5.57. The van der Waals surface area contributed by atoms with Gasteiger partial charge in [-0.3, -0.25) is 9.13 Å². The van der Waals surface area contributed by atoms with Crippen molar-refractivity contribution < 1.29 is 9.47 Å². The highest BCUT2D eigenvalue weighted by molar-refractivity contribution is 5.70. The Morgan fingerprint density at radius 1 is 1.03 bits per heavy atom. The van der Waals surface area contributed by atoms with Gasteiger partial charge in [-0.1, -0.05) is 12.1 Å². The second kappa shape index (κ2) is 8.80. The van der Waals surface area contributed by atoms with E-state index >= 15 is 0 Å². The fraction of sp³-hybridized carbons (Fsp3) is 0.407. The van der Waals surface area contributed by atoms with E-state index in [1.807, 2.05) is 22.8 Å². The minimum Gasteiger partial charge on any atom is -0.493 e. The Kier molecular flexibility index (Phi) is 5.81. The molecule has 0 unspecified atom stereocenters. The molecule has 0 atom stereocenters. The van der Waals surface area contributed by atoms with Crippen molar-refractivity contribution in [2.45, 2.75) is 52.1 Å². The van der Waals surface area contributed by atoms with E-state index < -0.39 is 0 Å². The Morgan fingerprint density at radius 2 is 1.71 bits per heavy atom. The summed E-state index contributed by atoms with van der Waals surface area (Å²) in [7, 11) is 3.26. The highest BCUT2D eigenvalue weighted by Crippen LogP contribution is 2.42. The first-order valence-corrected chi connectivity index (χ1v) is 11.9. The summed E-state index contributed by atoms with van der Waals surface area (Å²) in [6.07, 6.45) is 3.27. The molecule has 1 aliphatic heterocycles. The average Bonchev–Trinajstić information content (AvgIpc) is 3.68. The van der Waals surface area contributed by atoms with Gasteiger partial charge in [0.2, 0.25) is 0 Å². The van der Waals surface area contributed by atoms with Gasteiger partial charge in [0.15, 0.2) is 11.5 Å². The van der Waals surface area contributed by atoms with E-state index in [-0.39, 0.29) is 5.69 Å². The molecule has 2 aliphatic rings. The highest BCUT2D eigenvalue weighted by Gasteiger charge is 2.25. The first kappa shape index (κ1) is 22.5. The fourth-order valence-corrected chi connectivity index (χ4v) is 5.03. The Balaban J connectivity index is 1.74. The van der Waals surface area contributed by atoms with Crippen molar-refractivity contribution in [2.75, 3.05) is 20.8 Å². The number of nitrogens with zero attached hydrogens (tertiary/aromatic N) is 3. The second-order valence-electron chi connectivity index (χ2n) is 9.27. The summed E-state index contributed by atoms with van der Waals surface area (Å²) in [4.78, 5) is 18.6. The van der Waals surface area contributed by atoms with Crippen molar-refractivity contribution in [1.82, 2.24) is 9.13 Å². The van der Waals surface area contributed by atoms with Crippen molar-refractivity contribution in [3.8, 4) is 22.8 Å². The van der Waals surface area contributed by atoms with Crippen LogP contribution in [-0.2, 0) is 19.5 Å². The van der Waals surface area contributed by atoms with Crippen molar-refractivity contribution in [3.63, 3.8) is 0 Å². The zero-order valence-corrected chi connectivity index (χ0v) is 20.4. The number of aromatic nitrogens is 2. The molecule has 2 heterocycles. The lowest BCUT2D eigenvalue weighted by Crippen LogP contribution is -2.43. The Bertz CT molecular complexity index is 1370. The maximum atomic E-state index is 13.6. The van der Waals surface area contributed by atoms with Crippen LogP contribution in [0.25, 0.3) is 11.3 Å². The van der Waals surface area contributed by atoms with Crippen molar-refractivity contribution in [3.05, 3.63) is 68.6 Å². The first-order valence-electron chi connectivity index (χ1n) is 11.9. The van der Waals surface area contributed by atoms with Gasteiger partial charge in [0.1, 0.15) is 5.49 Å². The summed E-state index contributed by atoms with van der Waals surface area (Å²) in [6, 6.07) is 10.5. The van der Waals surface area contributed by atoms with Gasteiger partial charge in [0.25, 0.3) is 0 Å². The van der Waals surface area contributed by atoms with Crippen LogP contribution in [0.4, 0.5) is 5.69 Å². The van der Waals surface area contributed by atoms with Gasteiger partial charge in [-0.15, -0.1) is 0 Å². The monoisotopic (exact) mass is 460 g/mol. The molecule has 34 heavy (non-hydrogen) atoms. The maximum Gasteiger partial charge on any atom is 0.330 e. The molecule has 7 nitrogen and oxygen atoms in total. The molecule has 7 heteroatoms. The lowest BCUT2D eigenvalue weighted by molar-refractivity contribution is 0.354. The smallest absolute Gasteiger partial charge is 0.330 e. The van der Waals surface area contributed by atoms with Crippen molar-refractivity contribution >= 4 is 5.69 Å². The molecule has 3 aromatic rings. The minimum atomic E-state index is -0.0907. The molecule has 1 fully saturated rings. The Labute approximate surface area is 199 Å². The van der Waals surface area contributed by atoms with E-state index in [1.165, 1.54) is 18.4 Å². The van der Waals surface area contributed by atoms with Gasteiger partial charge in [0, 0.05) is 31.3 Å². The lowest BCUT2D eigenvalue weighted by Gasteiger charge is -2.24. The molecule has 0 spiro atoms. The first-order chi connectivity index (χ1) is 16.4. The average molecular weight is 461 g/mol. The second-order valence-corrected chi connectivity index (χ2v) is 9.27. The zero-order chi connectivity index (χ0) is 24.0. The van der Waals surface area contributed by atoms with Crippen LogP contribution >= 0.6 is 0 Å². The Hall–Kier alpha value is -3.32. The van der Waals surface area contributed by atoms with Crippen LogP contribution in [0.15, 0.2) is 40.1 Å². The predicted octanol–water partition coefficient (Wildman–Crippen LogP) is 3.58. The van der Waals surface area contributed by atoms with Gasteiger partial charge in [-0.2, -0.15) is 0 Å². The number of fused-ring (bicyclic) bond motifs is 3. The predicted molar refractivity (Wildman–Crippen MR) is 133 cm³/mol. The van der Waals surface area contributed by atoms with E-state index in [0.717, 1.165) is 40.1 Å². The summed E-state index contributed by atoms with van der Waals surface area (Å²) in [5, 5.41) is 0. The summed E-state index contributed by atoms with van der Waals surface area (Å²) in [5.74, 6) is 2.02. The van der Waals surface area contributed by atoms with Gasteiger partial charge in [-0.05, 0) is 73.4 Å². The van der Waals surface area contributed by atoms with E-state index in [9.17, 15) is 4.79 Å². The van der Waals surface area contributed by atoms with Crippen molar-refractivity contribution in [2.24, 2.45) is 10.7 Å². The molecule has 0 bridgehead atoms. The van der Waals surface area contributed by atoms with Crippen LogP contribution in [-0.4, -0.2) is 29.9 Å². The van der Waals surface area contributed by atoms with Gasteiger partial charge < -0.3 is 15.2 Å². The number of nitrogens with two attached hydrogens (primary N) is 1. The summed E-state index contributed by atoms with van der Waals surface area (Å²) < 4.78 is 14.6. The quantitative estimate of drug-likeness (QED) is 0.610. The van der Waals surface area contributed by atoms with Gasteiger partial charge >= 0.3 is 5.69 Å². The number of hydrogen-bond acceptors (Lipinski definition) is 5. The van der Waals surface area contributed by atoms with E-state index in [1.54, 1.807) is 18.8 Å². The van der Waals surface area contributed by atoms with Crippen molar-refractivity contribution in [1.29, 1.82) is 0 Å². The standard InChI is InChI=1S/C27H32N4O3/c1-16-11-20(18-5-6-18)12-17(2)26(16)29-25-15-22-21-14-24(34-4)23(33-3)13-19(21)7-9-30(22)27(32)31(25)10-8-28/h11-15,18H,5-10,28H2,1-4H3/b29-25+. The molecular formula is C27H32N4O3. The largest absolute Gasteiger partial charge is 0.493 e. The summed E-state index contributed by atoms with van der Waals surface area (Å²) >= 11 is 0. The summed E-state index contributed by atoms with van der Waals surface area (Å²) in [5.41, 5.74) is 13.9. The SMILES string of the molecule is COc1cc2c(cc1OC)-c1c/c(=N\c3c(C)cc(C4CC4)cc3C)n(CCN)c(=O)n1CC2. The van der Waals surface area contributed by atoms with Crippen LogP contribution in [0.3, 0.4) is 0 Å². The number of benzene rings is 2. The fourth-order valence-electron chi connectivity index (χ4n) is 5.03. The van der Waals surface area contributed by atoms with Crippen LogP contribution in [0.2, 0.25) is 0 Å². The maximum absolute atomic E-state index is 13.6. The van der Waals surface area contributed by atoms with E-state index in [0.29, 0.717) is 42.5 Å². The molecular weight excluding hydrogens is 428 g/mol. The van der Waals surface area contributed by atoms with Crippen LogP contribution in [0.1, 0.15) is 41.0 Å². The van der Waals surface area contributed by atoms with E-state index in [2.05, 4.69) is 26.0 Å². The molecule has 0 saturated heterocycles. The van der Waals surface area contributed by atoms with E-state index in [4.69, 9.17) is 20.2 Å². The normalized spacial score (nSPS) is 15.1. The number of rotatable bonds is 6. The molecule has 1 aromatic heterocycles. The molecule has 0 radical (unpaired) electrons. The van der Waals surface area contributed by atoms with Crippen LogP contribution in [0.5, 0.6) is 11.5 Å². The molecule has 1 saturated carbocycles. The highest BCUT2D eigenvalue weighted by atomic mass is 16.5.